The van der Waals surface area contributed by atoms with E-state index < -0.39 is 0 Å². The molecule has 0 aromatic heterocycles. The molecule has 1 aromatic carbocycles. The fourth-order valence-corrected chi connectivity index (χ4v) is 3.98. The first-order valence-corrected chi connectivity index (χ1v) is 7.58. The Labute approximate surface area is 111 Å². The second kappa shape index (κ2) is 4.70. The van der Waals surface area contributed by atoms with Crippen LogP contribution in [0.25, 0.3) is 0 Å². The van der Waals surface area contributed by atoms with E-state index in [9.17, 15) is 0 Å². The summed E-state index contributed by atoms with van der Waals surface area (Å²) in [5, 5.41) is 0. The van der Waals surface area contributed by atoms with Gasteiger partial charge in [0, 0.05) is 12.0 Å². The molecular formula is C17H25N. The number of hydrogen-bond donors (Lipinski definition) is 1. The Morgan fingerprint density at radius 3 is 2.72 bits per heavy atom. The third-order valence-corrected chi connectivity index (χ3v) is 5.34. The predicted octanol–water partition coefficient (Wildman–Crippen LogP) is 3.90. The molecule has 1 saturated carbocycles. The van der Waals surface area contributed by atoms with Crippen LogP contribution in [-0.2, 0) is 11.8 Å². The second-order valence-corrected chi connectivity index (χ2v) is 6.40. The first-order chi connectivity index (χ1) is 8.75. The summed E-state index contributed by atoms with van der Waals surface area (Å²) in [5.74, 6) is 0.748. The Morgan fingerprint density at radius 2 is 2.00 bits per heavy atom. The summed E-state index contributed by atoms with van der Waals surface area (Å²) in [6.07, 6.45) is 9.27. The summed E-state index contributed by atoms with van der Waals surface area (Å²) < 4.78 is 0. The number of aryl methyl sites for hydroxylation is 1. The van der Waals surface area contributed by atoms with Crippen molar-refractivity contribution in [3.63, 3.8) is 0 Å². The number of hydrogen-bond acceptors (Lipinski definition) is 1. The summed E-state index contributed by atoms with van der Waals surface area (Å²) in [4.78, 5) is 0. The maximum absolute atomic E-state index is 6.15. The normalized spacial score (nSPS) is 26.0. The molecule has 2 aliphatic carbocycles. The molecule has 2 aliphatic rings. The minimum absolute atomic E-state index is 0.287. The van der Waals surface area contributed by atoms with Gasteiger partial charge >= 0.3 is 0 Å². The van der Waals surface area contributed by atoms with Crippen LogP contribution in [0.15, 0.2) is 18.2 Å². The van der Waals surface area contributed by atoms with Gasteiger partial charge in [-0.3, -0.25) is 0 Å². The largest absolute Gasteiger partial charge is 0.330 e. The van der Waals surface area contributed by atoms with Crippen molar-refractivity contribution in [2.45, 2.75) is 63.2 Å². The van der Waals surface area contributed by atoms with Crippen molar-refractivity contribution in [2.24, 2.45) is 5.73 Å². The third-order valence-electron chi connectivity index (χ3n) is 5.34. The van der Waals surface area contributed by atoms with E-state index in [1.54, 1.807) is 11.1 Å². The molecule has 0 aliphatic heterocycles. The van der Waals surface area contributed by atoms with Crippen LogP contribution < -0.4 is 5.73 Å². The highest BCUT2D eigenvalue weighted by Gasteiger charge is 2.33. The lowest BCUT2D eigenvalue weighted by atomic mass is 9.69. The fraction of sp³-hybridized carbons (Fsp3) is 0.647. The molecule has 0 radical (unpaired) electrons. The first kappa shape index (κ1) is 12.2. The highest BCUT2D eigenvalue weighted by atomic mass is 14.6. The van der Waals surface area contributed by atoms with Crippen molar-refractivity contribution < 1.29 is 0 Å². The highest BCUT2D eigenvalue weighted by Crippen LogP contribution is 2.41. The van der Waals surface area contributed by atoms with E-state index in [4.69, 9.17) is 5.73 Å². The lowest BCUT2D eigenvalue weighted by Gasteiger charge is -2.37. The van der Waals surface area contributed by atoms with Crippen LogP contribution in [0.3, 0.4) is 0 Å². The Morgan fingerprint density at radius 1 is 1.22 bits per heavy atom. The zero-order chi connectivity index (χ0) is 12.6. The number of benzene rings is 1. The summed E-state index contributed by atoms with van der Waals surface area (Å²) in [5.41, 5.74) is 11.1. The predicted molar refractivity (Wildman–Crippen MR) is 77.0 cm³/mol. The Hall–Kier alpha value is -0.820. The fourth-order valence-electron chi connectivity index (χ4n) is 3.98. The van der Waals surface area contributed by atoms with Crippen molar-refractivity contribution in [3.8, 4) is 0 Å². The monoisotopic (exact) mass is 243 g/mol. The maximum atomic E-state index is 6.15. The zero-order valence-electron chi connectivity index (χ0n) is 11.5. The standard InChI is InChI=1S/C17H25N/c1-13-5-6-14-7-8-15(11-16(13)14)17(12-18)9-3-2-4-10-17/h7-8,11,13H,2-6,9-10,12,18H2,1H3. The number of fused-ring (bicyclic) bond motifs is 1. The first-order valence-electron chi connectivity index (χ1n) is 7.58. The molecule has 1 aromatic rings. The van der Waals surface area contributed by atoms with Crippen LogP contribution in [0.5, 0.6) is 0 Å². The van der Waals surface area contributed by atoms with Gasteiger partial charge in [-0.25, -0.2) is 0 Å². The van der Waals surface area contributed by atoms with Crippen LogP contribution in [0, 0.1) is 0 Å². The molecule has 0 bridgehead atoms. The molecule has 2 N–H and O–H groups in total. The van der Waals surface area contributed by atoms with E-state index in [-0.39, 0.29) is 5.41 Å². The molecule has 1 unspecified atom stereocenters. The van der Waals surface area contributed by atoms with Crippen LogP contribution in [0.2, 0.25) is 0 Å². The minimum Gasteiger partial charge on any atom is -0.330 e. The Bertz CT molecular complexity index is 429. The van der Waals surface area contributed by atoms with Gasteiger partial charge in [-0.05, 0) is 48.3 Å². The maximum Gasteiger partial charge on any atom is 0.00756 e. The lowest BCUT2D eigenvalue weighted by molar-refractivity contribution is 0.300. The van der Waals surface area contributed by atoms with Crippen molar-refractivity contribution >= 4 is 0 Å². The molecular weight excluding hydrogens is 218 g/mol. The van der Waals surface area contributed by atoms with Gasteiger partial charge < -0.3 is 5.73 Å². The van der Waals surface area contributed by atoms with E-state index >= 15 is 0 Å². The molecule has 0 amide bonds. The molecule has 1 nitrogen and oxygen atoms in total. The van der Waals surface area contributed by atoms with E-state index in [0.29, 0.717) is 0 Å². The quantitative estimate of drug-likeness (QED) is 0.837. The van der Waals surface area contributed by atoms with Crippen LogP contribution >= 0.6 is 0 Å². The van der Waals surface area contributed by atoms with E-state index in [1.807, 2.05) is 0 Å². The Balaban J connectivity index is 1.98. The van der Waals surface area contributed by atoms with E-state index in [2.05, 4.69) is 25.1 Å². The average molecular weight is 243 g/mol. The van der Waals surface area contributed by atoms with Crippen molar-refractivity contribution in [3.05, 3.63) is 34.9 Å². The molecule has 0 saturated heterocycles. The van der Waals surface area contributed by atoms with Gasteiger partial charge in [0.15, 0.2) is 0 Å². The Kier molecular flexibility index (Phi) is 3.19. The van der Waals surface area contributed by atoms with Crippen LogP contribution in [-0.4, -0.2) is 6.54 Å². The molecule has 1 heteroatoms. The zero-order valence-corrected chi connectivity index (χ0v) is 11.5. The van der Waals surface area contributed by atoms with E-state index in [1.165, 1.54) is 50.5 Å². The molecule has 18 heavy (non-hydrogen) atoms. The van der Waals surface area contributed by atoms with Gasteiger partial charge in [0.25, 0.3) is 0 Å². The van der Waals surface area contributed by atoms with Gasteiger partial charge in [-0.2, -0.15) is 0 Å². The smallest absolute Gasteiger partial charge is 0.00756 e. The molecule has 3 rings (SSSR count). The molecule has 0 spiro atoms. The van der Waals surface area contributed by atoms with Gasteiger partial charge in [-0.1, -0.05) is 44.4 Å². The summed E-state index contributed by atoms with van der Waals surface area (Å²) >= 11 is 0. The molecule has 0 heterocycles. The average Bonchev–Trinajstić information content (AvgIpc) is 2.81. The summed E-state index contributed by atoms with van der Waals surface area (Å²) in [6.45, 7) is 3.19. The summed E-state index contributed by atoms with van der Waals surface area (Å²) in [7, 11) is 0. The molecule has 98 valence electrons. The second-order valence-electron chi connectivity index (χ2n) is 6.40. The van der Waals surface area contributed by atoms with Gasteiger partial charge in [-0.15, -0.1) is 0 Å². The van der Waals surface area contributed by atoms with Gasteiger partial charge in [0.1, 0.15) is 0 Å². The lowest BCUT2D eigenvalue weighted by Crippen LogP contribution is -2.37. The van der Waals surface area contributed by atoms with Gasteiger partial charge in [0.2, 0.25) is 0 Å². The topological polar surface area (TPSA) is 26.0 Å². The van der Waals surface area contributed by atoms with Crippen molar-refractivity contribution in [1.29, 1.82) is 0 Å². The molecule has 1 atom stereocenters. The van der Waals surface area contributed by atoms with Crippen LogP contribution in [0.1, 0.15) is 68.1 Å². The highest BCUT2D eigenvalue weighted by molar-refractivity contribution is 5.41. The SMILES string of the molecule is CC1CCc2ccc(C3(CN)CCCCC3)cc21. The van der Waals surface area contributed by atoms with Crippen LogP contribution in [0.4, 0.5) is 0 Å². The minimum atomic E-state index is 0.287. The van der Waals surface area contributed by atoms with E-state index in [0.717, 1.165) is 12.5 Å². The summed E-state index contributed by atoms with van der Waals surface area (Å²) in [6, 6.07) is 7.24. The number of rotatable bonds is 2. The molecule has 1 fully saturated rings. The number of nitrogens with two attached hydrogens (primary N) is 1. The van der Waals surface area contributed by atoms with Crippen molar-refractivity contribution in [2.75, 3.05) is 6.54 Å². The van der Waals surface area contributed by atoms with Gasteiger partial charge in [0.05, 0.1) is 0 Å². The third kappa shape index (κ3) is 1.89. The van der Waals surface area contributed by atoms with Crippen molar-refractivity contribution in [1.82, 2.24) is 0 Å².